The Bertz CT molecular complexity index is 996. The van der Waals surface area contributed by atoms with Gasteiger partial charge in [0, 0.05) is 41.3 Å². The first-order valence-electron chi connectivity index (χ1n) is 10.5. The number of Topliss-reactive ketones (excluding diaryl/α,β-unsaturated/α-hetero) is 1. The lowest BCUT2D eigenvalue weighted by Crippen LogP contribution is -2.28. The molecular formula is C24H30FN3O. The van der Waals surface area contributed by atoms with Crippen LogP contribution >= 0.6 is 0 Å². The van der Waals surface area contributed by atoms with Crippen LogP contribution in [-0.4, -0.2) is 16.4 Å². The Morgan fingerprint density at radius 1 is 1.28 bits per heavy atom. The van der Waals surface area contributed by atoms with Gasteiger partial charge in [-0.1, -0.05) is 33.3 Å². The summed E-state index contributed by atoms with van der Waals surface area (Å²) in [4.78, 5) is 12.7. The standard InChI is InChI=1S/C24H30FN3O/c1-14-13-28(20-11-24(3,4)12-21(29)22(14)20)17-9-18(25)23(15(2)26)19(10-17)27-16-7-5-6-8-16/h9-10,13,16,27H,2,5-8,11-12,26H2,1,3-4H3. The molecule has 4 nitrogen and oxygen atoms in total. The van der Waals surface area contributed by atoms with Gasteiger partial charge in [-0.15, -0.1) is 0 Å². The lowest BCUT2D eigenvalue weighted by Gasteiger charge is -2.30. The molecule has 29 heavy (non-hydrogen) atoms. The van der Waals surface area contributed by atoms with Crippen molar-refractivity contribution in [1.29, 1.82) is 0 Å². The van der Waals surface area contributed by atoms with Gasteiger partial charge in [0.15, 0.2) is 5.78 Å². The summed E-state index contributed by atoms with van der Waals surface area (Å²) in [6.07, 6.45) is 7.78. The molecule has 3 N–H and O–H groups in total. The lowest BCUT2D eigenvalue weighted by atomic mass is 9.75. The maximum atomic E-state index is 15.1. The van der Waals surface area contributed by atoms with Crippen molar-refractivity contribution in [3.8, 4) is 5.69 Å². The Morgan fingerprint density at radius 3 is 2.62 bits per heavy atom. The highest BCUT2D eigenvalue weighted by atomic mass is 19.1. The lowest BCUT2D eigenvalue weighted by molar-refractivity contribution is 0.0910. The van der Waals surface area contributed by atoms with Crippen LogP contribution < -0.4 is 11.1 Å². The van der Waals surface area contributed by atoms with Gasteiger partial charge in [-0.05, 0) is 49.3 Å². The highest BCUT2D eigenvalue weighted by Crippen LogP contribution is 2.39. The number of nitrogens with two attached hydrogens (primary N) is 1. The number of anilines is 1. The molecule has 0 amide bonds. The van der Waals surface area contributed by atoms with Crippen molar-refractivity contribution in [2.24, 2.45) is 11.1 Å². The second-order valence-corrected chi connectivity index (χ2v) is 9.45. The Kier molecular flexibility index (Phi) is 4.80. The summed E-state index contributed by atoms with van der Waals surface area (Å²) < 4.78 is 17.1. The van der Waals surface area contributed by atoms with Crippen LogP contribution in [0.3, 0.4) is 0 Å². The van der Waals surface area contributed by atoms with Crippen LogP contribution in [0.15, 0.2) is 24.9 Å². The number of rotatable bonds is 4. The van der Waals surface area contributed by atoms with E-state index in [9.17, 15) is 4.79 Å². The fourth-order valence-electron chi connectivity index (χ4n) is 4.97. The van der Waals surface area contributed by atoms with E-state index in [1.165, 1.54) is 18.9 Å². The number of aromatic nitrogens is 1. The highest BCUT2D eigenvalue weighted by Gasteiger charge is 2.35. The molecule has 154 valence electrons. The van der Waals surface area contributed by atoms with Crippen molar-refractivity contribution in [1.82, 2.24) is 4.57 Å². The molecular weight excluding hydrogens is 365 g/mol. The number of nitrogens with zero attached hydrogens (tertiary/aromatic N) is 1. The van der Waals surface area contributed by atoms with Crippen molar-refractivity contribution in [2.45, 2.75) is 65.3 Å². The maximum Gasteiger partial charge on any atom is 0.165 e. The van der Waals surface area contributed by atoms with E-state index in [0.29, 0.717) is 29.4 Å². The van der Waals surface area contributed by atoms with Crippen LogP contribution in [0.2, 0.25) is 0 Å². The fourth-order valence-corrected chi connectivity index (χ4v) is 4.97. The third-order valence-electron chi connectivity index (χ3n) is 6.25. The summed E-state index contributed by atoms with van der Waals surface area (Å²) in [6, 6.07) is 3.77. The van der Waals surface area contributed by atoms with E-state index >= 15 is 4.39 Å². The van der Waals surface area contributed by atoms with Crippen LogP contribution in [0.4, 0.5) is 10.1 Å². The van der Waals surface area contributed by atoms with Crippen LogP contribution in [0.1, 0.15) is 73.1 Å². The highest BCUT2D eigenvalue weighted by molar-refractivity contribution is 6.00. The molecule has 0 saturated heterocycles. The normalized spacial score (nSPS) is 18.7. The fraction of sp³-hybridized carbons (Fsp3) is 0.458. The number of carbonyl (C=O) groups excluding carboxylic acids is 1. The van der Waals surface area contributed by atoms with Gasteiger partial charge >= 0.3 is 0 Å². The van der Waals surface area contributed by atoms with E-state index in [1.807, 2.05) is 23.8 Å². The molecule has 1 fully saturated rings. The Morgan fingerprint density at radius 2 is 1.97 bits per heavy atom. The predicted molar refractivity (Wildman–Crippen MR) is 116 cm³/mol. The molecule has 0 radical (unpaired) electrons. The molecule has 2 aliphatic rings. The minimum absolute atomic E-state index is 0.110. The molecule has 1 aromatic carbocycles. The average molecular weight is 396 g/mol. The van der Waals surface area contributed by atoms with Gasteiger partial charge in [0.05, 0.1) is 11.3 Å². The molecule has 0 bridgehead atoms. The number of fused-ring (bicyclic) bond motifs is 1. The molecule has 0 aliphatic heterocycles. The third-order valence-corrected chi connectivity index (χ3v) is 6.25. The quantitative estimate of drug-likeness (QED) is 0.732. The molecule has 1 saturated carbocycles. The zero-order chi connectivity index (χ0) is 20.9. The molecule has 1 aromatic heterocycles. The first-order chi connectivity index (χ1) is 13.7. The second kappa shape index (κ2) is 7.05. The van der Waals surface area contributed by atoms with Crippen LogP contribution in [-0.2, 0) is 6.42 Å². The second-order valence-electron chi connectivity index (χ2n) is 9.45. The number of aryl methyl sites for hydroxylation is 1. The van der Waals surface area contributed by atoms with E-state index in [1.54, 1.807) is 0 Å². The topological polar surface area (TPSA) is 60.0 Å². The average Bonchev–Trinajstić information content (AvgIpc) is 3.20. The minimum Gasteiger partial charge on any atom is -0.399 e. The number of nitrogens with one attached hydrogen (secondary N) is 1. The van der Waals surface area contributed by atoms with Gasteiger partial charge < -0.3 is 15.6 Å². The van der Waals surface area contributed by atoms with E-state index in [-0.39, 0.29) is 16.9 Å². The zero-order valence-corrected chi connectivity index (χ0v) is 17.6. The van der Waals surface area contributed by atoms with Gasteiger partial charge in [-0.2, -0.15) is 0 Å². The summed E-state index contributed by atoms with van der Waals surface area (Å²) in [5.74, 6) is -0.221. The summed E-state index contributed by atoms with van der Waals surface area (Å²) >= 11 is 0. The molecule has 2 aliphatic carbocycles. The molecule has 5 heteroatoms. The van der Waals surface area contributed by atoms with Gasteiger partial charge in [-0.25, -0.2) is 4.39 Å². The van der Waals surface area contributed by atoms with Crippen molar-refractivity contribution < 1.29 is 9.18 Å². The summed E-state index contributed by atoms with van der Waals surface area (Å²) in [7, 11) is 0. The first-order valence-corrected chi connectivity index (χ1v) is 10.5. The maximum absolute atomic E-state index is 15.1. The van der Waals surface area contributed by atoms with Crippen LogP contribution in [0.25, 0.3) is 11.4 Å². The SMILES string of the molecule is C=C(N)c1c(F)cc(-n2cc(C)c3c2CC(C)(C)CC3=O)cc1NC1CCCC1. The predicted octanol–water partition coefficient (Wildman–Crippen LogP) is 5.36. The number of hydrogen-bond donors (Lipinski definition) is 2. The van der Waals surface area contributed by atoms with Crippen molar-refractivity contribution in [3.05, 3.63) is 53.1 Å². The molecule has 4 rings (SSSR count). The Balaban J connectivity index is 1.84. The molecule has 2 aromatic rings. The van der Waals surface area contributed by atoms with Gasteiger partial charge in [0.25, 0.3) is 0 Å². The van der Waals surface area contributed by atoms with E-state index in [0.717, 1.165) is 36.1 Å². The first kappa shape index (κ1) is 19.7. The number of hydrogen-bond acceptors (Lipinski definition) is 3. The molecule has 1 heterocycles. The minimum atomic E-state index is -0.392. The van der Waals surface area contributed by atoms with E-state index in [4.69, 9.17) is 5.73 Å². The summed E-state index contributed by atoms with van der Waals surface area (Å²) in [6.45, 7) is 9.94. The molecule has 0 spiro atoms. The van der Waals surface area contributed by atoms with Crippen molar-refractivity contribution in [2.75, 3.05) is 5.32 Å². The van der Waals surface area contributed by atoms with E-state index in [2.05, 4.69) is 25.7 Å². The smallest absolute Gasteiger partial charge is 0.165 e. The summed E-state index contributed by atoms with van der Waals surface area (Å²) in [5, 5.41) is 3.49. The van der Waals surface area contributed by atoms with Crippen molar-refractivity contribution in [3.63, 3.8) is 0 Å². The van der Waals surface area contributed by atoms with Crippen LogP contribution in [0, 0.1) is 18.2 Å². The number of halogens is 1. The number of benzene rings is 1. The Labute approximate surface area is 172 Å². The largest absolute Gasteiger partial charge is 0.399 e. The Hall–Kier alpha value is -2.56. The summed E-state index contributed by atoms with van der Waals surface area (Å²) in [5.41, 5.74) is 10.5. The molecule has 0 atom stereocenters. The van der Waals surface area contributed by atoms with Crippen molar-refractivity contribution >= 4 is 17.2 Å². The van der Waals surface area contributed by atoms with Gasteiger partial charge in [-0.3, -0.25) is 4.79 Å². The van der Waals surface area contributed by atoms with Gasteiger partial charge in [0.1, 0.15) is 5.82 Å². The number of carbonyl (C=O) groups is 1. The third kappa shape index (κ3) is 3.59. The zero-order valence-electron chi connectivity index (χ0n) is 17.6. The van der Waals surface area contributed by atoms with E-state index < -0.39 is 5.82 Å². The number of ketones is 1. The van der Waals surface area contributed by atoms with Gasteiger partial charge in [0.2, 0.25) is 0 Å². The monoisotopic (exact) mass is 395 g/mol. The molecule has 0 unspecified atom stereocenters. The van der Waals surface area contributed by atoms with Crippen LogP contribution in [0.5, 0.6) is 0 Å².